The van der Waals surface area contributed by atoms with E-state index < -0.39 is 5.63 Å². The third-order valence-corrected chi connectivity index (χ3v) is 5.77. The molecule has 0 N–H and O–H groups in total. The molecule has 8 heteroatoms. The second kappa shape index (κ2) is 9.29. The monoisotopic (exact) mass is 480 g/mol. The van der Waals surface area contributed by atoms with Gasteiger partial charge in [-0.25, -0.2) is 4.79 Å². The summed E-state index contributed by atoms with van der Waals surface area (Å²) in [5.74, 6) is 2.39. The predicted octanol–water partition coefficient (Wildman–Crippen LogP) is 5.58. The summed E-state index contributed by atoms with van der Waals surface area (Å²) in [6.07, 6.45) is 0. The van der Waals surface area contributed by atoms with Gasteiger partial charge in [0.2, 0.25) is 0 Å². The number of hydrogen-bond acceptors (Lipinski definition) is 7. The average Bonchev–Trinajstić information content (AvgIpc) is 2.86. The smallest absolute Gasteiger partial charge is 0.344 e. The molecule has 0 spiro atoms. The summed E-state index contributed by atoms with van der Waals surface area (Å²) in [5, 5.41) is 1.34. The molecule has 0 bridgehead atoms. The summed E-state index contributed by atoms with van der Waals surface area (Å²) in [6.45, 7) is 0.861. The van der Waals surface area contributed by atoms with Gasteiger partial charge >= 0.3 is 5.63 Å². The van der Waals surface area contributed by atoms with Crippen molar-refractivity contribution in [1.29, 1.82) is 0 Å². The second-order valence-electron chi connectivity index (χ2n) is 7.67. The Hall–Kier alpha value is -3.68. The molecule has 0 aliphatic carbocycles. The summed E-state index contributed by atoms with van der Waals surface area (Å²) in [6, 6.07) is 16.0. The normalized spacial score (nSPS) is 12.7. The Morgan fingerprint density at radius 1 is 0.971 bits per heavy atom. The summed E-state index contributed by atoms with van der Waals surface area (Å²) >= 11 is 6.23. The van der Waals surface area contributed by atoms with Gasteiger partial charge < -0.3 is 28.1 Å². The molecule has 0 saturated carbocycles. The quantitative estimate of drug-likeness (QED) is 0.333. The highest BCUT2D eigenvalue weighted by Crippen LogP contribution is 2.34. The maximum atomic E-state index is 12.8. The van der Waals surface area contributed by atoms with Crippen molar-refractivity contribution in [2.75, 3.05) is 21.0 Å². The van der Waals surface area contributed by atoms with E-state index in [0.717, 1.165) is 22.3 Å². The SMILES string of the molecule is COc1ccc(-c2cc3ccc(OCc4cc(Cl)cc5c4OCOC5)cc3oc2=O)cc1OC. The number of hydrogen-bond donors (Lipinski definition) is 0. The van der Waals surface area contributed by atoms with Crippen molar-refractivity contribution in [3.8, 4) is 34.1 Å². The summed E-state index contributed by atoms with van der Waals surface area (Å²) in [5.41, 5.74) is 2.75. The molecule has 7 nitrogen and oxygen atoms in total. The Kier molecular flexibility index (Phi) is 6.04. The van der Waals surface area contributed by atoms with Gasteiger partial charge in [-0.1, -0.05) is 17.7 Å². The molecule has 174 valence electrons. The maximum Gasteiger partial charge on any atom is 0.344 e. The lowest BCUT2D eigenvalue weighted by molar-refractivity contribution is -0.0175. The minimum Gasteiger partial charge on any atom is -0.493 e. The van der Waals surface area contributed by atoms with Crippen molar-refractivity contribution < 1.29 is 28.1 Å². The van der Waals surface area contributed by atoms with Crippen LogP contribution in [0.3, 0.4) is 0 Å². The van der Waals surface area contributed by atoms with E-state index in [1.807, 2.05) is 24.3 Å². The Labute approximate surface area is 200 Å². The molecule has 0 radical (unpaired) electrons. The van der Waals surface area contributed by atoms with Crippen LogP contribution in [0.25, 0.3) is 22.1 Å². The molecular formula is C26H21ClO7. The number of benzene rings is 3. The first kappa shape index (κ1) is 22.1. The van der Waals surface area contributed by atoms with E-state index in [1.54, 1.807) is 44.6 Å². The first-order chi connectivity index (χ1) is 16.6. The summed E-state index contributed by atoms with van der Waals surface area (Å²) in [7, 11) is 3.11. The van der Waals surface area contributed by atoms with Crippen molar-refractivity contribution in [2.45, 2.75) is 13.2 Å². The van der Waals surface area contributed by atoms with Gasteiger partial charge in [-0.2, -0.15) is 0 Å². The highest BCUT2D eigenvalue weighted by atomic mass is 35.5. The molecule has 0 unspecified atom stereocenters. The van der Waals surface area contributed by atoms with Crippen LogP contribution in [0.5, 0.6) is 23.0 Å². The maximum absolute atomic E-state index is 12.8. The Bertz CT molecular complexity index is 1430. The topological polar surface area (TPSA) is 76.4 Å². The molecule has 5 rings (SSSR count). The standard InChI is InChI=1S/C26H21ClO7/c1-29-22-6-4-15(10-24(22)30-2)21-9-16-3-5-20(11-23(16)34-26(21)28)32-13-18-8-19(27)7-17-12-31-14-33-25(17)18/h3-11H,12-14H2,1-2H3. The fraction of sp³-hybridized carbons (Fsp3) is 0.192. The summed E-state index contributed by atoms with van der Waals surface area (Å²) in [4.78, 5) is 12.8. The van der Waals surface area contributed by atoms with Gasteiger partial charge in [-0.15, -0.1) is 0 Å². The first-order valence-corrected chi connectivity index (χ1v) is 10.9. The van der Waals surface area contributed by atoms with Crippen LogP contribution in [0.2, 0.25) is 5.02 Å². The van der Waals surface area contributed by atoms with Gasteiger partial charge in [0, 0.05) is 27.6 Å². The van der Waals surface area contributed by atoms with E-state index in [2.05, 4.69) is 0 Å². The van der Waals surface area contributed by atoms with Crippen LogP contribution in [0.1, 0.15) is 11.1 Å². The zero-order valence-electron chi connectivity index (χ0n) is 18.6. The number of rotatable bonds is 6. The minimum atomic E-state index is -0.464. The van der Waals surface area contributed by atoms with Gasteiger partial charge in [0.15, 0.2) is 18.3 Å². The molecule has 0 amide bonds. The van der Waals surface area contributed by atoms with E-state index >= 15 is 0 Å². The van der Waals surface area contributed by atoms with Gasteiger partial charge in [0.25, 0.3) is 0 Å². The Balaban J connectivity index is 1.42. The molecular weight excluding hydrogens is 460 g/mol. The number of halogens is 1. The molecule has 1 aliphatic heterocycles. The molecule has 4 aromatic rings. The fourth-order valence-corrected chi connectivity index (χ4v) is 4.17. The van der Waals surface area contributed by atoms with Gasteiger partial charge in [-0.3, -0.25) is 0 Å². The molecule has 1 aliphatic rings. The van der Waals surface area contributed by atoms with Crippen LogP contribution in [0.4, 0.5) is 0 Å². The Morgan fingerprint density at radius 2 is 1.82 bits per heavy atom. The number of ether oxygens (including phenoxy) is 5. The zero-order valence-corrected chi connectivity index (χ0v) is 19.3. The average molecular weight is 481 g/mol. The van der Waals surface area contributed by atoms with Crippen LogP contribution >= 0.6 is 11.6 Å². The predicted molar refractivity (Wildman–Crippen MR) is 127 cm³/mol. The largest absolute Gasteiger partial charge is 0.493 e. The van der Waals surface area contributed by atoms with Crippen LogP contribution in [-0.4, -0.2) is 21.0 Å². The van der Waals surface area contributed by atoms with Crippen molar-refractivity contribution in [1.82, 2.24) is 0 Å². The molecule has 1 aromatic heterocycles. The minimum absolute atomic E-state index is 0.186. The van der Waals surface area contributed by atoms with Crippen molar-refractivity contribution in [2.24, 2.45) is 0 Å². The van der Waals surface area contributed by atoms with Crippen LogP contribution in [-0.2, 0) is 18.0 Å². The van der Waals surface area contributed by atoms with E-state index in [9.17, 15) is 4.79 Å². The Morgan fingerprint density at radius 3 is 2.65 bits per heavy atom. The zero-order chi connectivity index (χ0) is 23.7. The third kappa shape index (κ3) is 4.27. The molecule has 0 atom stereocenters. The third-order valence-electron chi connectivity index (χ3n) is 5.55. The van der Waals surface area contributed by atoms with Crippen LogP contribution in [0.15, 0.2) is 63.8 Å². The van der Waals surface area contributed by atoms with Crippen molar-refractivity contribution >= 4 is 22.6 Å². The molecule has 2 heterocycles. The van der Waals surface area contributed by atoms with Gasteiger partial charge in [0.1, 0.15) is 23.7 Å². The van der Waals surface area contributed by atoms with E-state index in [1.165, 1.54) is 0 Å². The van der Waals surface area contributed by atoms with Crippen molar-refractivity contribution in [3.05, 3.63) is 81.2 Å². The molecule has 34 heavy (non-hydrogen) atoms. The first-order valence-electron chi connectivity index (χ1n) is 10.5. The van der Waals surface area contributed by atoms with Gasteiger partial charge in [-0.05, 0) is 48.0 Å². The lowest BCUT2D eigenvalue weighted by Crippen LogP contribution is -2.14. The number of fused-ring (bicyclic) bond motifs is 2. The van der Waals surface area contributed by atoms with E-state index in [4.69, 9.17) is 39.7 Å². The molecule has 0 fully saturated rings. The van der Waals surface area contributed by atoms with E-state index in [-0.39, 0.29) is 13.4 Å². The fourth-order valence-electron chi connectivity index (χ4n) is 3.91. The highest BCUT2D eigenvalue weighted by Gasteiger charge is 2.17. The molecule has 0 saturated heterocycles. The molecule has 3 aromatic carbocycles. The van der Waals surface area contributed by atoms with E-state index in [0.29, 0.717) is 45.6 Å². The second-order valence-corrected chi connectivity index (χ2v) is 8.11. The van der Waals surface area contributed by atoms with Crippen LogP contribution in [0, 0.1) is 0 Å². The van der Waals surface area contributed by atoms with Gasteiger partial charge in [0.05, 0.1) is 26.4 Å². The highest BCUT2D eigenvalue weighted by molar-refractivity contribution is 6.30. The lowest BCUT2D eigenvalue weighted by atomic mass is 10.1. The lowest BCUT2D eigenvalue weighted by Gasteiger charge is -2.21. The summed E-state index contributed by atoms with van der Waals surface area (Å²) < 4.78 is 33.1. The van der Waals surface area contributed by atoms with Crippen LogP contribution < -0.4 is 24.6 Å². The van der Waals surface area contributed by atoms with Crippen molar-refractivity contribution in [3.63, 3.8) is 0 Å². The number of methoxy groups -OCH3 is 2.